The first-order chi connectivity index (χ1) is 8.82. The van der Waals surface area contributed by atoms with Gasteiger partial charge in [-0.1, -0.05) is 84.3 Å². The van der Waals surface area contributed by atoms with Crippen molar-refractivity contribution in [3.63, 3.8) is 0 Å². The molecule has 0 aliphatic rings. The average Bonchev–Trinajstić information content (AvgIpc) is 2.22. The van der Waals surface area contributed by atoms with Crippen LogP contribution >= 0.6 is 0 Å². The highest BCUT2D eigenvalue weighted by atomic mass is 28.4. The van der Waals surface area contributed by atoms with E-state index in [-0.39, 0.29) is 5.41 Å². The minimum absolute atomic E-state index is 0.246. The fourth-order valence-electron chi connectivity index (χ4n) is 2.77. The summed E-state index contributed by atoms with van der Waals surface area (Å²) in [4.78, 5) is 0. The highest BCUT2D eigenvalue weighted by molar-refractivity contribution is 6.89. The van der Waals surface area contributed by atoms with Crippen LogP contribution in [-0.4, -0.2) is 20.7 Å². The van der Waals surface area contributed by atoms with Crippen LogP contribution in [0.4, 0.5) is 0 Å². The van der Waals surface area contributed by atoms with E-state index in [4.69, 9.17) is 0 Å². The molecule has 0 saturated carbocycles. The van der Waals surface area contributed by atoms with Crippen molar-refractivity contribution in [3.05, 3.63) is 35.4 Å². The summed E-state index contributed by atoms with van der Waals surface area (Å²) in [6.45, 7) is 22.8. The maximum Gasteiger partial charge on any atom is 0.112 e. The number of hydrogen-bond acceptors (Lipinski definition) is 1. The quantitative estimate of drug-likeness (QED) is 0.668. The summed E-state index contributed by atoms with van der Waals surface area (Å²) in [6.07, 6.45) is 0. The van der Waals surface area contributed by atoms with Crippen molar-refractivity contribution in [2.24, 2.45) is 0 Å². The second kappa shape index (κ2) is 5.78. The molecule has 1 aromatic carbocycles. The molecule has 0 radical (unpaired) electrons. The van der Waals surface area contributed by atoms with Crippen molar-refractivity contribution in [3.8, 4) is 0 Å². The Kier molecular flexibility index (Phi) is 5.10. The lowest BCUT2D eigenvalue weighted by Crippen LogP contribution is -2.58. The fraction of sp³-hybridized carbons (Fsp3) is 0.647. The third-order valence-corrected chi connectivity index (χ3v) is 11.4. The molecule has 0 aromatic heterocycles. The van der Waals surface area contributed by atoms with Crippen molar-refractivity contribution in [2.75, 3.05) is 0 Å². The summed E-state index contributed by atoms with van der Waals surface area (Å²) >= 11 is 0. The summed E-state index contributed by atoms with van der Waals surface area (Å²) in [5, 5.41) is 0. The normalized spacial score (nSPS) is 13.9. The monoisotopic (exact) mass is 307 g/mol. The van der Waals surface area contributed by atoms with E-state index in [2.05, 4.69) is 88.5 Å². The Balaban J connectivity index is 2.97. The van der Waals surface area contributed by atoms with E-state index < -0.39 is 16.5 Å². The number of benzene rings is 1. The van der Waals surface area contributed by atoms with Crippen LogP contribution in [0.1, 0.15) is 31.9 Å². The molecule has 0 heterocycles. The van der Waals surface area contributed by atoms with Gasteiger partial charge in [-0.3, -0.25) is 0 Å². The van der Waals surface area contributed by atoms with Gasteiger partial charge in [-0.25, -0.2) is 0 Å². The van der Waals surface area contributed by atoms with Gasteiger partial charge >= 0.3 is 0 Å². The van der Waals surface area contributed by atoms with Gasteiger partial charge < -0.3 is 4.23 Å². The Morgan fingerprint density at radius 2 is 1.20 bits per heavy atom. The van der Waals surface area contributed by atoms with E-state index in [1.807, 2.05) is 0 Å². The molecule has 20 heavy (non-hydrogen) atoms. The molecule has 0 amide bonds. The van der Waals surface area contributed by atoms with Crippen molar-refractivity contribution in [1.29, 1.82) is 0 Å². The van der Waals surface area contributed by atoms with Crippen LogP contribution in [0.5, 0.6) is 0 Å². The maximum absolute atomic E-state index is 2.84. The Morgan fingerprint density at radius 3 is 1.50 bits per heavy atom. The van der Waals surface area contributed by atoms with Gasteiger partial charge in [-0.05, 0) is 16.5 Å². The lowest BCUT2D eigenvalue weighted by Gasteiger charge is -2.43. The van der Waals surface area contributed by atoms with Gasteiger partial charge in [0.1, 0.15) is 16.5 Å². The van der Waals surface area contributed by atoms with E-state index in [0.717, 1.165) is 6.54 Å². The second-order valence-corrected chi connectivity index (χ2v) is 19.1. The summed E-state index contributed by atoms with van der Waals surface area (Å²) in [5.41, 5.74) is 3.13. The van der Waals surface area contributed by atoms with Crippen LogP contribution in [0.15, 0.2) is 24.3 Å². The summed E-state index contributed by atoms with van der Waals surface area (Å²) in [6, 6.07) is 9.27. The molecule has 0 saturated heterocycles. The van der Waals surface area contributed by atoms with Crippen LogP contribution in [0.2, 0.25) is 39.3 Å². The van der Waals surface area contributed by atoms with Crippen molar-refractivity contribution >= 4 is 16.5 Å². The summed E-state index contributed by atoms with van der Waals surface area (Å²) in [7, 11) is -2.52. The largest absolute Gasteiger partial charge is 0.342 e. The molecule has 0 fully saturated rings. The number of hydrogen-bond donors (Lipinski definition) is 0. The molecule has 0 spiro atoms. The Labute approximate surface area is 128 Å². The maximum atomic E-state index is 2.84. The number of nitrogens with zero attached hydrogens (tertiary/aromatic N) is 1. The van der Waals surface area contributed by atoms with Crippen LogP contribution in [0, 0.1) is 0 Å². The molecule has 0 aliphatic carbocycles. The molecule has 0 aliphatic heterocycles. The molecule has 1 aromatic rings. The molecule has 0 atom stereocenters. The van der Waals surface area contributed by atoms with Gasteiger partial charge in [0.25, 0.3) is 0 Å². The van der Waals surface area contributed by atoms with Crippen molar-refractivity contribution in [1.82, 2.24) is 4.23 Å². The predicted molar refractivity (Wildman–Crippen MR) is 97.4 cm³/mol. The zero-order chi connectivity index (χ0) is 15.8. The van der Waals surface area contributed by atoms with Gasteiger partial charge in [0, 0.05) is 6.54 Å². The standard InChI is InChI=1S/C17H33NSi2/c1-17(2,3)16-12-10-15(11-13-16)14-18(19(4,5)6)20(7,8)9/h10-13H,14H2,1-9H3. The minimum atomic E-state index is -1.26. The lowest BCUT2D eigenvalue weighted by atomic mass is 9.87. The average molecular weight is 308 g/mol. The van der Waals surface area contributed by atoms with Crippen LogP contribution in [0.3, 0.4) is 0 Å². The first-order valence-electron chi connectivity index (χ1n) is 7.69. The molecule has 1 rings (SSSR count). The third kappa shape index (κ3) is 4.86. The zero-order valence-corrected chi connectivity index (χ0v) is 17.0. The van der Waals surface area contributed by atoms with Gasteiger partial charge in [0.15, 0.2) is 0 Å². The van der Waals surface area contributed by atoms with Crippen molar-refractivity contribution < 1.29 is 0 Å². The first-order valence-corrected chi connectivity index (χ1v) is 14.6. The molecular weight excluding hydrogens is 274 g/mol. The molecule has 3 heteroatoms. The molecule has 0 unspecified atom stereocenters. The molecule has 0 bridgehead atoms. The van der Waals surface area contributed by atoms with Gasteiger partial charge in [-0.15, -0.1) is 0 Å². The van der Waals surface area contributed by atoms with Crippen LogP contribution in [-0.2, 0) is 12.0 Å². The predicted octanol–water partition coefficient (Wildman–Crippen LogP) is 5.46. The Bertz CT molecular complexity index is 416. The Morgan fingerprint density at radius 1 is 0.800 bits per heavy atom. The number of rotatable bonds is 4. The molecule has 1 nitrogen and oxygen atoms in total. The van der Waals surface area contributed by atoms with Crippen LogP contribution in [0.25, 0.3) is 0 Å². The topological polar surface area (TPSA) is 3.24 Å². The second-order valence-electron chi connectivity index (χ2n) is 8.87. The molecule has 0 N–H and O–H groups in total. The zero-order valence-electron chi connectivity index (χ0n) is 15.0. The highest BCUT2D eigenvalue weighted by Crippen LogP contribution is 2.25. The van der Waals surface area contributed by atoms with E-state index in [1.54, 1.807) is 0 Å². The minimum Gasteiger partial charge on any atom is -0.342 e. The van der Waals surface area contributed by atoms with Crippen LogP contribution < -0.4 is 0 Å². The smallest absolute Gasteiger partial charge is 0.112 e. The SMILES string of the molecule is CC(C)(C)c1ccc(CN([Si](C)(C)C)[Si](C)(C)C)cc1. The van der Waals surface area contributed by atoms with Gasteiger partial charge in [0.05, 0.1) is 0 Å². The Hall–Kier alpha value is -0.386. The van der Waals surface area contributed by atoms with Gasteiger partial charge in [0.2, 0.25) is 0 Å². The lowest BCUT2D eigenvalue weighted by molar-refractivity contribution is 0.586. The van der Waals surface area contributed by atoms with E-state index in [9.17, 15) is 0 Å². The van der Waals surface area contributed by atoms with E-state index in [1.165, 1.54) is 11.1 Å². The highest BCUT2D eigenvalue weighted by Gasteiger charge is 2.34. The molecular formula is C17H33NSi2. The van der Waals surface area contributed by atoms with E-state index in [0.29, 0.717) is 0 Å². The van der Waals surface area contributed by atoms with E-state index >= 15 is 0 Å². The summed E-state index contributed by atoms with van der Waals surface area (Å²) in [5.74, 6) is 0. The molecule has 114 valence electrons. The fourth-order valence-corrected chi connectivity index (χ4v) is 12.1. The summed E-state index contributed by atoms with van der Waals surface area (Å²) < 4.78 is 2.84. The third-order valence-electron chi connectivity index (χ3n) is 3.78. The van der Waals surface area contributed by atoms with Gasteiger partial charge in [-0.2, -0.15) is 0 Å². The van der Waals surface area contributed by atoms with Crippen molar-refractivity contribution in [2.45, 2.75) is 72.0 Å². The first kappa shape index (κ1) is 17.7.